The highest BCUT2D eigenvalue weighted by Gasteiger charge is 2.48. The number of ether oxygens (including phenoxy) is 5. The fourth-order valence-corrected chi connectivity index (χ4v) is 4.19. The summed E-state index contributed by atoms with van der Waals surface area (Å²) in [4.78, 5) is 0. The van der Waals surface area contributed by atoms with Crippen LogP contribution >= 0.6 is 0 Å². The molecule has 6 heteroatoms. The Kier molecular flexibility index (Phi) is 10.2. The number of aliphatic hydroxyl groups excluding tert-OH is 1. The molecule has 0 radical (unpaired) electrons. The lowest BCUT2D eigenvalue weighted by Gasteiger charge is -2.45. The van der Waals surface area contributed by atoms with Gasteiger partial charge in [-0.1, -0.05) is 97.1 Å². The van der Waals surface area contributed by atoms with E-state index in [2.05, 4.69) is 6.58 Å². The zero-order valence-electron chi connectivity index (χ0n) is 20.4. The molecule has 1 saturated heterocycles. The first-order valence-electron chi connectivity index (χ1n) is 12.2. The fraction of sp³-hybridized carbons (Fsp3) is 0.333. The Balaban J connectivity index is 1.59. The molecular weight excluding hydrogens is 456 g/mol. The van der Waals surface area contributed by atoms with Crippen molar-refractivity contribution >= 4 is 0 Å². The van der Waals surface area contributed by atoms with Crippen LogP contribution in [0.25, 0.3) is 0 Å². The van der Waals surface area contributed by atoms with Gasteiger partial charge in [-0.05, 0) is 16.7 Å². The van der Waals surface area contributed by atoms with Crippen LogP contribution in [0.4, 0.5) is 0 Å². The van der Waals surface area contributed by atoms with Gasteiger partial charge < -0.3 is 28.8 Å². The van der Waals surface area contributed by atoms with Crippen LogP contribution in [0.1, 0.15) is 16.7 Å². The van der Waals surface area contributed by atoms with Crippen molar-refractivity contribution in [2.75, 3.05) is 13.2 Å². The fourth-order valence-electron chi connectivity index (χ4n) is 4.19. The Morgan fingerprint density at radius 3 is 1.53 bits per heavy atom. The molecule has 3 aromatic carbocycles. The summed E-state index contributed by atoms with van der Waals surface area (Å²) in [5.41, 5.74) is 3.06. The first-order valence-corrected chi connectivity index (χ1v) is 12.2. The van der Waals surface area contributed by atoms with Gasteiger partial charge in [0.1, 0.15) is 24.4 Å². The Bertz CT molecular complexity index is 1010. The van der Waals surface area contributed by atoms with Crippen LogP contribution in [0.3, 0.4) is 0 Å². The maximum Gasteiger partial charge on any atom is 0.187 e. The largest absolute Gasteiger partial charge is 0.394 e. The summed E-state index contributed by atoms with van der Waals surface area (Å²) in [7, 11) is 0. The van der Waals surface area contributed by atoms with E-state index >= 15 is 0 Å². The van der Waals surface area contributed by atoms with Gasteiger partial charge in [-0.3, -0.25) is 0 Å². The highest BCUT2D eigenvalue weighted by Crippen LogP contribution is 2.31. The van der Waals surface area contributed by atoms with Gasteiger partial charge in [-0.25, -0.2) is 0 Å². The minimum Gasteiger partial charge on any atom is -0.394 e. The number of rotatable bonds is 13. The molecule has 1 N–H and O–H groups in total. The highest BCUT2D eigenvalue weighted by atomic mass is 16.7. The first-order chi connectivity index (χ1) is 17.8. The van der Waals surface area contributed by atoms with Crippen LogP contribution in [0.2, 0.25) is 0 Å². The summed E-state index contributed by atoms with van der Waals surface area (Å²) in [5.74, 6) is 0. The van der Waals surface area contributed by atoms with Gasteiger partial charge in [0.25, 0.3) is 0 Å². The third-order valence-electron chi connectivity index (χ3n) is 6.01. The summed E-state index contributed by atoms with van der Waals surface area (Å²) in [6, 6.07) is 29.7. The van der Waals surface area contributed by atoms with Crippen LogP contribution in [0.15, 0.2) is 104 Å². The van der Waals surface area contributed by atoms with Gasteiger partial charge in [-0.15, -0.1) is 6.58 Å². The standard InChI is InChI=1S/C30H34O6/c1-2-18-32-30-29(35-22-25-16-10-5-11-17-25)28(34-21-24-14-8-4-9-15-24)27(26(19-31)36-30)33-20-23-12-6-3-7-13-23/h2-17,26-31H,1,18-22H2/t26-,27-,28+,29-,30?/m1/s1. The molecule has 0 amide bonds. The molecule has 1 unspecified atom stereocenters. The quantitative estimate of drug-likeness (QED) is 0.352. The van der Waals surface area contributed by atoms with E-state index in [4.69, 9.17) is 23.7 Å². The van der Waals surface area contributed by atoms with Crippen molar-refractivity contribution in [3.8, 4) is 0 Å². The maximum absolute atomic E-state index is 10.2. The van der Waals surface area contributed by atoms with Gasteiger partial charge in [0.2, 0.25) is 0 Å². The Morgan fingerprint density at radius 2 is 1.08 bits per heavy atom. The van der Waals surface area contributed by atoms with E-state index < -0.39 is 30.7 Å². The minimum atomic E-state index is -0.763. The second-order valence-corrected chi connectivity index (χ2v) is 8.63. The molecule has 190 valence electrons. The van der Waals surface area contributed by atoms with Gasteiger partial charge in [0.05, 0.1) is 33.0 Å². The summed E-state index contributed by atoms with van der Waals surface area (Å²) in [6.45, 7) is 4.83. The molecule has 4 rings (SSSR count). The summed E-state index contributed by atoms with van der Waals surface area (Å²) >= 11 is 0. The molecule has 0 aliphatic carbocycles. The first kappa shape index (κ1) is 26.2. The normalized spacial score (nSPS) is 23.9. The van der Waals surface area contributed by atoms with Crippen molar-refractivity contribution < 1.29 is 28.8 Å². The molecule has 0 saturated carbocycles. The molecule has 0 spiro atoms. The number of aliphatic hydroxyl groups is 1. The summed E-state index contributed by atoms with van der Waals surface area (Å²) in [6.07, 6.45) is -1.50. The van der Waals surface area contributed by atoms with Crippen molar-refractivity contribution in [1.29, 1.82) is 0 Å². The zero-order chi connectivity index (χ0) is 25.0. The van der Waals surface area contributed by atoms with E-state index in [0.29, 0.717) is 19.8 Å². The van der Waals surface area contributed by atoms with E-state index in [-0.39, 0.29) is 13.2 Å². The lowest BCUT2D eigenvalue weighted by atomic mass is 9.98. The van der Waals surface area contributed by atoms with Crippen molar-refractivity contribution in [3.05, 3.63) is 120 Å². The second kappa shape index (κ2) is 14.0. The average Bonchev–Trinajstić information content (AvgIpc) is 2.94. The zero-order valence-corrected chi connectivity index (χ0v) is 20.4. The molecule has 3 aromatic rings. The average molecular weight is 491 g/mol. The van der Waals surface area contributed by atoms with Crippen molar-refractivity contribution in [3.63, 3.8) is 0 Å². The summed E-state index contributed by atoms with van der Waals surface area (Å²) < 4.78 is 31.3. The van der Waals surface area contributed by atoms with Crippen LogP contribution in [-0.2, 0) is 43.5 Å². The SMILES string of the molecule is C=CCOC1O[C@H](CO)[C@@H](OCc2ccccc2)[C@H](OCc2ccccc2)[C@H]1OCc1ccccc1. The molecule has 6 nitrogen and oxygen atoms in total. The molecule has 1 aliphatic heterocycles. The molecule has 1 fully saturated rings. The molecule has 0 aromatic heterocycles. The van der Waals surface area contributed by atoms with Crippen LogP contribution in [0.5, 0.6) is 0 Å². The molecule has 1 heterocycles. The van der Waals surface area contributed by atoms with Gasteiger partial charge in [-0.2, -0.15) is 0 Å². The van der Waals surface area contributed by atoms with E-state index in [0.717, 1.165) is 16.7 Å². The molecule has 1 aliphatic rings. The van der Waals surface area contributed by atoms with Gasteiger partial charge in [0.15, 0.2) is 6.29 Å². The minimum absolute atomic E-state index is 0.246. The number of benzene rings is 3. The van der Waals surface area contributed by atoms with Crippen molar-refractivity contribution in [2.24, 2.45) is 0 Å². The number of hydrogen-bond acceptors (Lipinski definition) is 6. The number of hydrogen-bond donors (Lipinski definition) is 1. The van der Waals surface area contributed by atoms with E-state index in [1.807, 2.05) is 91.0 Å². The van der Waals surface area contributed by atoms with Crippen molar-refractivity contribution in [2.45, 2.75) is 50.5 Å². The maximum atomic E-state index is 10.2. The van der Waals surface area contributed by atoms with Crippen LogP contribution in [-0.4, -0.2) is 49.0 Å². The van der Waals surface area contributed by atoms with Crippen molar-refractivity contribution in [1.82, 2.24) is 0 Å². The smallest absolute Gasteiger partial charge is 0.187 e. The van der Waals surface area contributed by atoms with E-state index in [1.165, 1.54) is 0 Å². The molecule has 5 atom stereocenters. The lowest BCUT2D eigenvalue weighted by Crippen LogP contribution is -2.61. The Labute approximate surface area is 213 Å². The van der Waals surface area contributed by atoms with Gasteiger partial charge in [0, 0.05) is 0 Å². The van der Waals surface area contributed by atoms with Crippen LogP contribution in [0, 0.1) is 0 Å². The molecule has 0 bridgehead atoms. The van der Waals surface area contributed by atoms with Gasteiger partial charge >= 0.3 is 0 Å². The lowest BCUT2D eigenvalue weighted by molar-refractivity contribution is -0.324. The van der Waals surface area contributed by atoms with E-state index in [9.17, 15) is 5.11 Å². The van der Waals surface area contributed by atoms with E-state index in [1.54, 1.807) is 6.08 Å². The predicted octanol–water partition coefficient (Wildman–Crippen LogP) is 4.66. The third kappa shape index (κ3) is 7.34. The topological polar surface area (TPSA) is 66.4 Å². The van der Waals surface area contributed by atoms with Crippen LogP contribution < -0.4 is 0 Å². The third-order valence-corrected chi connectivity index (χ3v) is 6.01. The predicted molar refractivity (Wildman–Crippen MR) is 137 cm³/mol. The monoisotopic (exact) mass is 490 g/mol. The molecular formula is C30H34O6. The summed E-state index contributed by atoms with van der Waals surface area (Å²) in [5, 5.41) is 10.2. The Morgan fingerprint density at radius 1 is 0.639 bits per heavy atom. The highest BCUT2D eigenvalue weighted by molar-refractivity contribution is 5.15. The second-order valence-electron chi connectivity index (χ2n) is 8.63. The molecule has 36 heavy (non-hydrogen) atoms. The Hall–Kier alpha value is -2.84.